The zero-order valence-corrected chi connectivity index (χ0v) is 13.8. The van der Waals surface area contributed by atoms with E-state index in [0.29, 0.717) is 6.54 Å². The number of nitrogens with two attached hydrogens (primary N) is 1. The summed E-state index contributed by atoms with van der Waals surface area (Å²) in [6.45, 7) is 4.93. The summed E-state index contributed by atoms with van der Waals surface area (Å²) in [4.78, 5) is 10.8. The van der Waals surface area contributed by atoms with Crippen LogP contribution in [0.5, 0.6) is 0 Å². The summed E-state index contributed by atoms with van der Waals surface area (Å²) in [6, 6.07) is 8.44. The summed E-state index contributed by atoms with van der Waals surface area (Å²) in [5.74, 6) is 0.831. The van der Waals surface area contributed by atoms with E-state index >= 15 is 0 Å². The third kappa shape index (κ3) is 3.63. The van der Waals surface area contributed by atoms with Crippen LogP contribution in [0.1, 0.15) is 30.8 Å². The summed E-state index contributed by atoms with van der Waals surface area (Å²) < 4.78 is 0. The average molecular weight is 301 g/mol. The summed E-state index contributed by atoms with van der Waals surface area (Å²) in [5.41, 5.74) is 10.3. The van der Waals surface area contributed by atoms with Crippen LogP contribution < -0.4 is 5.73 Å². The van der Waals surface area contributed by atoms with Crippen molar-refractivity contribution in [3.8, 4) is 11.4 Å². The van der Waals surface area contributed by atoms with Gasteiger partial charge in [-0.05, 0) is 49.8 Å². The molecule has 0 saturated carbocycles. The highest BCUT2D eigenvalue weighted by Crippen LogP contribution is 2.23. The molecule has 0 saturated heterocycles. The van der Waals surface area contributed by atoms with Crippen molar-refractivity contribution >= 4 is 11.8 Å². The first-order chi connectivity index (χ1) is 10.2. The molecule has 4 heteroatoms. The maximum atomic E-state index is 5.73. The molecule has 112 valence electrons. The van der Waals surface area contributed by atoms with Gasteiger partial charge in [-0.25, -0.2) is 9.97 Å². The Hall–Kier alpha value is -1.39. The Kier molecular flexibility index (Phi) is 5.76. The number of benzene rings is 1. The lowest BCUT2D eigenvalue weighted by molar-refractivity contribution is 0.844. The molecule has 1 heterocycles. The lowest BCUT2D eigenvalue weighted by Gasteiger charge is -2.13. The molecular weight excluding hydrogens is 278 g/mol. The van der Waals surface area contributed by atoms with Gasteiger partial charge in [0.1, 0.15) is 0 Å². The van der Waals surface area contributed by atoms with Crippen molar-refractivity contribution in [2.45, 2.75) is 38.0 Å². The summed E-state index contributed by atoms with van der Waals surface area (Å²) in [6.07, 6.45) is 4.77. The first-order valence-electron chi connectivity index (χ1n) is 7.46. The SMILES string of the molecule is CCc1nc(-c2ccc(SC)cc2)nc(CC)c1CCN. The van der Waals surface area contributed by atoms with Crippen LogP contribution in [0, 0.1) is 0 Å². The highest BCUT2D eigenvalue weighted by Gasteiger charge is 2.12. The second kappa shape index (κ2) is 7.57. The fraction of sp³-hybridized carbons (Fsp3) is 0.412. The van der Waals surface area contributed by atoms with Crippen molar-refractivity contribution in [3.63, 3.8) is 0 Å². The zero-order valence-electron chi connectivity index (χ0n) is 13.0. The standard InChI is InChI=1S/C17H23N3S/c1-4-15-14(10-11-18)16(5-2)20-17(19-15)12-6-8-13(21-3)9-7-12/h6-9H,4-5,10-11,18H2,1-3H3. The molecule has 2 rings (SSSR count). The number of aromatic nitrogens is 2. The summed E-state index contributed by atoms with van der Waals surface area (Å²) in [7, 11) is 0. The van der Waals surface area contributed by atoms with E-state index in [4.69, 9.17) is 15.7 Å². The average Bonchev–Trinajstić information content (AvgIpc) is 2.55. The van der Waals surface area contributed by atoms with E-state index < -0.39 is 0 Å². The molecular formula is C17H23N3S. The molecule has 0 aliphatic carbocycles. The predicted octanol–water partition coefficient (Wildman–Crippen LogP) is 3.49. The summed E-state index contributed by atoms with van der Waals surface area (Å²) in [5, 5.41) is 0. The maximum absolute atomic E-state index is 5.73. The highest BCUT2D eigenvalue weighted by atomic mass is 32.2. The molecule has 0 aliphatic rings. The Balaban J connectivity index is 2.48. The van der Waals surface area contributed by atoms with Crippen molar-refractivity contribution in [2.24, 2.45) is 5.73 Å². The molecule has 2 aromatic rings. The quantitative estimate of drug-likeness (QED) is 0.830. The number of rotatable bonds is 6. The first kappa shape index (κ1) is 16.0. The smallest absolute Gasteiger partial charge is 0.159 e. The van der Waals surface area contributed by atoms with Crippen LogP contribution in [0.25, 0.3) is 11.4 Å². The molecule has 2 N–H and O–H groups in total. The van der Waals surface area contributed by atoms with E-state index in [9.17, 15) is 0 Å². The molecule has 0 aliphatic heterocycles. The minimum atomic E-state index is 0.644. The Morgan fingerprint density at radius 1 is 1.00 bits per heavy atom. The van der Waals surface area contributed by atoms with Crippen LogP contribution in [0.15, 0.2) is 29.2 Å². The number of hydrogen-bond acceptors (Lipinski definition) is 4. The van der Waals surface area contributed by atoms with Crippen molar-refractivity contribution < 1.29 is 0 Å². The Morgan fingerprint density at radius 2 is 1.57 bits per heavy atom. The van der Waals surface area contributed by atoms with E-state index in [0.717, 1.165) is 42.0 Å². The number of aryl methyl sites for hydroxylation is 2. The van der Waals surface area contributed by atoms with E-state index in [2.05, 4.69) is 44.4 Å². The second-order valence-corrected chi connectivity index (χ2v) is 5.77. The van der Waals surface area contributed by atoms with Gasteiger partial charge < -0.3 is 5.73 Å². The second-order valence-electron chi connectivity index (χ2n) is 4.89. The molecule has 0 radical (unpaired) electrons. The highest BCUT2D eigenvalue weighted by molar-refractivity contribution is 7.98. The van der Waals surface area contributed by atoms with Gasteiger partial charge in [0, 0.05) is 21.8 Å². The van der Waals surface area contributed by atoms with Crippen molar-refractivity contribution in [2.75, 3.05) is 12.8 Å². The largest absolute Gasteiger partial charge is 0.330 e. The zero-order chi connectivity index (χ0) is 15.2. The molecule has 0 bridgehead atoms. The molecule has 1 aromatic carbocycles. The number of thioether (sulfide) groups is 1. The van der Waals surface area contributed by atoms with Crippen molar-refractivity contribution in [1.82, 2.24) is 9.97 Å². The monoisotopic (exact) mass is 301 g/mol. The van der Waals surface area contributed by atoms with Gasteiger partial charge in [0.15, 0.2) is 5.82 Å². The lowest BCUT2D eigenvalue weighted by atomic mass is 10.0. The van der Waals surface area contributed by atoms with Crippen molar-refractivity contribution in [3.05, 3.63) is 41.2 Å². The molecule has 0 atom stereocenters. The van der Waals surface area contributed by atoms with Gasteiger partial charge in [-0.15, -0.1) is 11.8 Å². The molecule has 0 amide bonds. The first-order valence-corrected chi connectivity index (χ1v) is 8.69. The van der Waals surface area contributed by atoms with E-state index in [1.165, 1.54) is 10.5 Å². The van der Waals surface area contributed by atoms with E-state index in [1.54, 1.807) is 11.8 Å². The Labute approximate surface area is 131 Å². The lowest BCUT2D eigenvalue weighted by Crippen LogP contribution is -2.12. The molecule has 3 nitrogen and oxygen atoms in total. The molecule has 0 unspecified atom stereocenters. The number of hydrogen-bond donors (Lipinski definition) is 1. The van der Waals surface area contributed by atoms with Gasteiger partial charge in [0.25, 0.3) is 0 Å². The van der Waals surface area contributed by atoms with E-state index in [-0.39, 0.29) is 0 Å². The predicted molar refractivity (Wildman–Crippen MR) is 90.8 cm³/mol. The van der Waals surface area contributed by atoms with Gasteiger partial charge >= 0.3 is 0 Å². The summed E-state index contributed by atoms with van der Waals surface area (Å²) >= 11 is 1.74. The van der Waals surface area contributed by atoms with Crippen LogP contribution >= 0.6 is 11.8 Å². The molecule has 1 aromatic heterocycles. The van der Waals surface area contributed by atoms with Gasteiger partial charge in [0.2, 0.25) is 0 Å². The fourth-order valence-electron chi connectivity index (χ4n) is 2.47. The third-order valence-electron chi connectivity index (χ3n) is 3.59. The molecule has 0 spiro atoms. The van der Waals surface area contributed by atoms with Crippen LogP contribution in [0.3, 0.4) is 0 Å². The van der Waals surface area contributed by atoms with Gasteiger partial charge in [-0.2, -0.15) is 0 Å². The van der Waals surface area contributed by atoms with Gasteiger partial charge in [-0.3, -0.25) is 0 Å². The normalized spacial score (nSPS) is 10.9. The fourth-order valence-corrected chi connectivity index (χ4v) is 2.88. The van der Waals surface area contributed by atoms with Crippen LogP contribution in [-0.4, -0.2) is 22.8 Å². The number of nitrogens with zero attached hydrogens (tertiary/aromatic N) is 2. The van der Waals surface area contributed by atoms with Crippen LogP contribution in [0.4, 0.5) is 0 Å². The maximum Gasteiger partial charge on any atom is 0.159 e. The van der Waals surface area contributed by atoms with Crippen molar-refractivity contribution in [1.29, 1.82) is 0 Å². The molecule has 21 heavy (non-hydrogen) atoms. The van der Waals surface area contributed by atoms with Crippen LogP contribution in [-0.2, 0) is 19.3 Å². The van der Waals surface area contributed by atoms with Gasteiger partial charge in [-0.1, -0.05) is 26.0 Å². The third-order valence-corrected chi connectivity index (χ3v) is 4.33. The van der Waals surface area contributed by atoms with Crippen LogP contribution in [0.2, 0.25) is 0 Å². The topological polar surface area (TPSA) is 51.8 Å². The Bertz CT molecular complexity index is 568. The minimum absolute atomic E-state index is 0.644. The van der Waals surface area contributed by atoms with Gasteiger partial charge in [0.05, 0.1) is 0 Å². The van der Waals surface area contributed by atoms with E-state index in [1.807, 2.05) is 0 Å². The molecule has 0 fully saturated rings. The minimum Gasteiger partial charge on any atom is -0.330 e. The Morgan fingerprint density at radius 3 is 2.00 bits per heavy atom.